The number of hydrogen-bond donors (Lipinski definition) is 2. The zero-order chi connectivity index (χ0) is 16.7. The normalized spacial score (nSPS) is 10.2. The van der Waals surface area contributed by atoms with Gasteiger partial charge in [0, 0.05) is 37.3 Å². The van der Waals surface area contributed by atoms with E-state index in [4.69, 9.17) is 4.74 Å². The molecular formula is C17H19N3O3. The van der Waals surface area contributed by atoms with Crippen LogP contribution in [0.3, 0.4) is 0 Å². The molecule has 120 valence electrons. The molecule has 0 fully saturated rings. The Kier molecular flexibility index (Phi) is 5.82. The van der Waals surface area contributed by atoms with E-state index in [1.54, 1.807) is 43.6 Å². The van der Waals surface area contributed by atoms with Crippen molar-refractivity contribution >= 4 is 23.1 Å². The molecule has 0 aliphatic rings. The van der Waals surface area contributed by atoms with Crippen molar-refractivity contribution in [2.45, 2.75) is 6.92 Å². The number of ketones is 1. The Morgan fingerprint density at radius 2 is 1.91 bits per heavy atom. The molecule has 0 aliphatic carbocycles. The van der Waals surface area contributed by atoms with Crippen molar-refractivity contribution in [2.24, 2.45) is 0 Å². The lowest BCUT2D eigenvalue weighted by atomic mass is 10.1. The number of anilines is 2. The van der Waals surface area contributed by atoms with Crippen molar-refractivity contribution < 1.29 is 14.3 Å². The smallest absolute Gasteiger partial charge is 0.257 e. The summed E-state index contributed by atoms with van der Waals surface area (Å²) in [5.41, 5.74) is 2.30. The predicted molar refractivity (Wildman–Crippen MR) is 89.0 cm³/mol. The van der Waals surface area contributed by atoms with Crippen molar-refractivity contribution in [2.75, 3.05) is 30.9 Å². The van der Waals surface area contributed by atoms with Crippen LogP contribution in [0.15, 0.2) is 42.7 Å². The highest BCUT2D eigenvalue weighted by molar-refractivity contribution is 6.05. The number of hydrogen-bond acceptors (Lipinski definition) is 5. The summed E-state index contributed by atoms with van der Waals surface area (Å²) in [6.07, 6.45) is 3.13. The number of aromatic nitrogens is 1. The summed E-state index contributed by atoms with van der Waals surface area (Å²) < 4.78 is 4.96. The number of carbonyl (C=O) groups is 2. The molecule has 0 bridgehead atoms. The van der Waals surface area contributed by atoms with Gasteiger partial charge in [0.25, 0.3) is 5.91 Å². The van der Waals surface area contributed by atoms with E-state index in [1.807, 2.05) is 0 Å². The van der Waals surface area contributed by atoms with Gasteiger partial charge in [0.2, 0.25) is 0 Å². The van der Waals surface area contributed by atoms with E-state index < -0.39 is 0 Å². The third-order valence-corrected chi connectivity index (χ3v) is 3.16. The summed E-state index contributed by atoms with van der Waals surface area (Å²) in [5.74, 6) is -0.333. The number of amides is 1. The van der Waals surface area contributed by atoms with Gasteiger partial charge < -0.3 is 15.4 Å². The SMILES string of the molecule is COCCNc1cncc(C(=O)Nc2cccc(C(C)=O)c2)c1. The number of benzene rings is 1. The second-order valence-corrected chi connectivity index (χ2v) is 4.97. The van der Waals surface area contributed by atoms with Crippen molar-refractivity contribution in [1.29, 1.82) is 0 Å². The Morgan fingerprint density at radius 1 is 1.13 bits per heavy atom. The fourth-order valence-electron chi connectivity index (χ4n) is 1.98. The first-order valence-corrected chi connectivity index (χ1v) is 7.20. The molecule has 0 aliphatic heterocycles. The third kappa shape index (κ3) is 4.89. The minimum Gasteiger partial charge on any atom is -0.383 e. The van der Waals surface area contributed by atoms with Crippen molar-refractivity contribution in [3.63, 3.8) is 0 Å². The van der Waals surface area contributed by atoms with Crippen LogP contribution in [0.4, 0.5) is 11.4 Å². The Morgan fingerprint density at radius 3 is 2.65 bits per heavy atom. The van der Waals surface area contributed by atoms with Gasteiger partial charge in [0.05, 0.1) is 17.9 Å². The fourth-order valence-corrected chi connectivity index (χ4v) is 1.98. The Hall–Kier alpha value is -2.73. The summed E-state index contributed by atoms with van der Waals surface area (Å²) in [5, 5.41) is 5.88. The van der Waals surface area contributed by atoms with Crippen molar-refractivity contribution in [3.05, 3.63) is 53.9 Å². The number of nitrogens with zero attached hydrogens (tertiary/aromatic N) is 1. The Labute approximate surface area is 134 Å². The molecular weight excluding hydrogens is 294 g/mol. The molecule has 1 aromatic carbocycles. The molecule has 1 heterocycles. The zero-order valence-electron chi connectivity index (χ0n) is 13.1. The minimum atomic E-state index is -0.284. The molecule has 6 heteroatoms. The molecule has 6 nitrogen and oxygen atoms in total. The maximum absolute atomic E-state index is 12.3. The van der Waals surface area contributed by atoms with Crippen LogP contribution in [0.2, 0.25) is 0 Å². The highest BCUT2D eigenvalue weighted by atomic mass is 16.5. The van der Waals surface area contributed by atoms with E-state index in [0.29, 0.717) is 30.0 Å². The standard InChI is InChI=1S/C17H19N3O3/c1-12(21)13-4-3-5-15(8-13)20-17(22)14-9-16(11-18-10-14)19-6-7-23-2/h3-5,8-11,19H,6-7H2,1-2H3,(H,20,22). The van der Waals surface area contributed by atoms with Crippen LogP contribution in [0, 0.1) is 0 Å². The second kappa shape index (κ2) is 8.05. The maximum Gasteiger partial charge on any atom is 0.257 e. The molecule has 2 aromatic rings. The van der Waals surface area contributed by atoms with Crippen LogP contribution in [0.1, 0.15) is 27.6 Å². The summed E-state index contributed by atoms with van der Waals surface area (Å²) in [7, 11) is 1.62. The molecule has 0 saturated carbocycles. The lowest BCUT2D eigenvalue weighted by Gasteiger charge is -2.09. The third-order valence-electron chi connectivity index (χ3n) is 3.16. The number of pyridine rings is 1. The monoisotopic (exact) mass is 313 g/mol. The summed E-state index contributed by atoms with van der Waals surface area (Å²) in [6, 6.07) is 8.53. The summed E-state index contributed by atoms with van der Waals surface area (Å²) >= 11 is 0. The van der Waals surface area contributed by atoms with Gasteiger partial charge in [-0.05, 0) is 25.1 Å². The van der Waals surface area contributed by atoms with E-state index in [1.165, 1.54) is 13.1 Å². The minimum absolute atomic E-state index is 0.0490. The molecule has 0 unspecified atom stereocenters. The van der Waals surface area contributed by atoms with Gasteiger partial charge in [-0.3, -0.25) is 14.6 Å². The van der Waals surface area contributed by atoms with E-state index >= 15 is 0 Å². The van der Waals surface area contributed by atoms with Gasteiger partial charge in [0.15, 0.2) is 5.78 Å². The lowest BCUT2D eigenvalue weighted by Crippen LogP contribution is -2.14. The molecule has 0 atom stereocenters. The van der Waals surface area contributed by atoms with Gasteiger partial charge >= 0.3 is 0 Å². The quantitative estimate of drug-likeness (QED) is 0.606. The molecule has 1 amide bonds. The zero-order valence-corrected chi connectivity index (χ0v) is 13.1. The topological polar surface area (TPSA) is 80.3 Å². The average Bonchev–Trinajstić information content (AvgIpc) is 2.55. The fraction of sp³-hybridized carbons (Fsp3) is 0.235. The molecule has 0 spiro atoms. The number of ether oxygens (including phenoxy) is 1. The van der Waals surface area contributed by atoms with Gasteiger partial charge in [-0.15, -0.1) is 0 Å². The first kappa shape index (κ1) is 16.6. The average molecular weight is 313 g/mol. The summed E-state index contributed by atoms with van der Waals surface area (Å²) in [4.78, 5) is 27.7. The largest absolute Gasteiger partial charge is 0.383 e. The van der Waals surface area contributed by atoms with E-state index in [0.717, 1.165) is 5.69 Å². The maximum atomic E-state index is 12.3. The van der Waals surface area contributed by atoms with Crippen LogP contribution in [0.25, 0.3) is 0 Å². The van der Waals surface area contributed by atoms with Gasteiger partial charge in [-0.1, -0.05) is 12.1 Å². The van der Waals surface area contributed by atoms with Crippen LogP contribution in [-0.2, 0) is 4.74 Å². The molecule has 2 rings (SSSR count). The number of nitrogens with one attached hydrogen (secondary N) is 2. The van der Waals surface area contributed by atoms with Crippen molar-refractivity contribution in [3.8, 4) is 0 Å². The number of Topliss-reactive ketones (excluding diaryl/α,β-unsaturated/α-hetero) is 1. The highest BCUT2D eigenvalue weighted by Crippen LogP contribution is 2.14. The van der Waals surface area contributed by atoms with Crippen LogP contribution in [0.5, 0.6) is 0 Å². The first-order valence-electron chi connectivity index (χ1n) is 7.20. The van der Waals surface area contributed by atoms with Crippen molar-refractivity contribution in [1.82, 2.24) is 4.98 Å². The summed E-state index contributed by atoms with van der Waals surface area (Å²) in [6.45, 7) is 2.68. The molecule has 2 N–H and O–H groups in total. The van der Waals surface area contributed by atoms with Gasteiger partial charge in [-0.25, -0.2) is 0 Å². The van der Waals surface area contributed by atoms with E-state index in [2.05, 4.69) is 15.6 Å². The lowest BCUT2D eigenvalue weighted by molar-refractivity contribution is 0.101. The van der Waals surface area contributed by atoms with E-state index in [-0.39, 0.29) is 11.7 Å². The first-order chi connectivity index (χ1) is 11.1. The van der Waals surface area contributed by atoms with Gasteiger partial charge in [-0.2, -0.15) is 0 Å². The van der Waals surface area contributed by atoms with Gasteiger partial charge in [0.1, 0.15) is 0 Å². The van der Waals surface area contributed by atoms with Crippen LogP contribution < -0.4 is 10.6 Å². The number of carbonyl (C=O) groups excluding carboxylic acids is 2. The molecule has 0 radical (unpaired) electrons. The van der Waals surface area contributed by atoms with E-state index in [9.17, 15) is 9.59 Å². The second-order valence-electron chi connectivity index (χ2n) is 4.97. The Bertz CT molecular complexity index is 701. The predicted octanol–water partition coefficient (Wildman–Crippen LogP) is 2.59. The van der Waals surface area contributed by atoms with Crippen LogP contribution >= 0.6 is 0 Å². The number of methoxy groups -OCH3 is 1. The highest BCUT2D eigenvalue weighted by Gasteiger charge is 2.09. The molecule has 0 saturated heterocycles. The molecule has 23 heavy (non-hydrogen) atoms. The molecule has 1 aromatic heterocycles. The van der Waals surface area contributed by atoms with Crippen LogP contribution in [-0.4, -0.2) is 36.9 Å². The number of rotatable bonds is 7. The Balaban J connectivity index is 2.07.